The lowest BCUT2D eigenvalue weighted by Gasteiger charge is -2.38. The fourth-order valence-corrected chi connectivity index (χ4v) is 3.55. The van der Waals surface area contributed by atoms with Gasteiger partial charge in [-0.25, -0.2) is 0 Å². The number of nitrogens with one attached hydrogen (secondary N) is 1. The van der Waals surface area contributed by atoms with Gasteiger partial charge in [0.05, 0.1) is 18.7 Å². The van der Waals surface area contributed by atoms with E-state index in [1.807, 2.05) is 12.1 Å². The van der Waals surface area contributed by atoms with Crippen LogP contribution < -0.4 is 10.1 Å². The molecule has 1 unspecified atom stereocenters. The van der Waals surface area contributed by atoms with Crippen LogP contribution in [0.3, 0.4) is 0 Å². The van der Waals surface area contributed by atoms with Crippen molar-refractivity contribution in [2.45, 2.75) is 25.4 Å². The number of ether oxygens (including phenoxy) is 2. The molecular weight excluding hydrogens is 368 g/mol. The summed E-state index contributed by atoms with van der Waals surface area (Å²) in [5.41, 5.74) is 2.26. The summed E-state index contributed by atoms with van der Waals surface area (Å²) in [6, 6.07) is 15.2. The molecule has 0 radical (unpaired) electrons. The number of amides is 2. The Labute approximate surface area is 171 Å². The molecule has 2 amide bonds. The van der Waals surface area contributed by atoms with Crippen LogP contribution in [0, 0.1) is 0 Å². The number of para-hydroxylation sites is 1. The van der Waals surface area contributed by atoms with Gasteiger partial charge in [-0.1, -0.05) is 43.3 Å². The minimum Gasteiger partial charge on any atom is -0.483 e. The third-order valence-electron chi connectivity index (χ3n) is 5.35. The summed E-state index contributed by atoms with van der Waals surface area (Å²) in [5, 5.41) is 3.01. The largest absolute Gasteiger partial charge is 0.483 e. The normalized spacial score (nSPS) is 17.9. The molecule has 0 bridgehead atoms. The molecule has 0 aromatic heterocycles. The minimum atomic E-state index is -0.540. The van der Waals surface area contributed by atoms with Crippen LogP contribution in [0.2, 0.25) is 0 Å². The zero-order valence-electron chi connectivity index (χ0n) is 17.2. The van der Waals surface area contributed by atoms with Gasteiger partial charge in [-0.05, 0) is 36.1 Å². The van der Waals surface area contributed by atoms with Gasteiger partial charge in [-0.3, -0.25) is 9.59 Å². The molecule has 0 saturated carbocycles. The number of hydrogen-bond acceptors (Lipinski definition) is 4. The predicted octanol–water partition coefficient (Wildman–Crippen LogP) is 2.76. The molecule has 3 rings (SSSR count). The standard InChI is InChI=1S/C23H28N2O4/c1-4-23(19-11-7-5-9-17(19)13-14-29-23)16-24-22(27)18-10-6-8-12-20(18)28-15-21(26)25(2)3/h5-12H,4,13-16H2,1-3H3,(H,24,27). The molecule has 154 valence electrons. The smallest absolute Gasteiger partial charge is 0.259 e. The number of fused-ring (bicyclic) bond motifs is 1. The van der Waals surface area contributed by atoms with E-state index in [-0.39, 0.29) is 18.4 Å². The van der Waals surface area contributed by atoms with Crippen molar-refractivity contribution in [2.75, 3.05) is 33.9 Å². The fraction of sp³-hybridized carbons (Fsp3) is 0.391. The number of benzene rings is 2. The van der Waals surface area contributed by atoms with Crippen LogP contribution in [-0.2, 0) is 21.6 Å². The molecule has 1 aliphatic rings. The molecule has 0 aliphatic carbocycles. The zero-order valence-corrected chi connectivity index (χ0v) is 17.2. The summed E-state index contributed by atoms with van der Waals surface area (Å²) in [6.45, 7) is 2.95. The predicted molar refractivity (Wildman–Crippen MR) is 111 cm³/mol. The van der Waals surface area contributed by atoms with E-state index in [1.165, 1.54) is 10.5 Å². The van der Waals surface area contributed by atoms with Gasteiger partial charge in [0.1, 0.15) is 11.4 Å². The highest BCUT2D eigenvalue weighted by Gasteiger charge is 2.36. The molecule has 2 aromatic rings. The van der Waals surface area contributed by atoms with Crippen molar-refractivity contribution in [1.82, 2.24) is 10.2 Å². The van der Waals surface area contributed by atoms with Crippen LogP contribution >= 0.6 is 0 Å². The van der Waals surface area contributed by atoms with Crippen molar-refractivity contribution in [2.24, 2.45) is 0 Å². The zero-order chi connectivity index (χ0) is 20.9. The molecule has 6 nitrogen and oxygen atoms in total. The quantitative estimate of drug-likeness (QED) is 0.782. The Morgan fingerprint density at radius 3 is 2.62 bits per heavy atom. The summed E-state index contributed by atoms with van der Waals surface area (Å²) >= 11 is 0. The lowest BCUT2D eigenvalue weighted by Crippen LogP contribution is -2.45. The average molecular weight is 396 g/mol. The molecule has 29 heavy (non-hydrogen) atoms. The van der Waals surface area contributed by atoms with Crippen molar-refractivity contribution < 1.29 is 19.1 Å². The Balaban J connectivity index is 1.74. The van der Waals surface area contributed by atoms with Gasteiger partial charge in [-0.2, -0.15) is 0 Å². The van der Waals surface area contributed by atoms with E-state index in [0.717, 1.165) is 18.4 Å². The minimum absolute atomic E-state index is 0.118. The number of nitrogens with zero attached hydrogens (tertiary/aromatic N) is 1. The highest BCUT2D eigenvalue weighted by Crippen LogP contribution is 2.35. The molecular formula is C23H28N2O4. The third-order valence-corrected chi connectivity index (χ3v) is 5.35. The molecule has 6 heteroatoms. The summed E-state index contributed by atoms with van der Waals surface area (Å²) < 4.78 is 11.8. The van der Waals surface area contributed by atoms with Crippen LogP contribution in [0.5, 0.6) is 5.75 Å². The Bertz CT molecular complexity index is 881. The van der Waals surface area contributed by atoms with Crippen molar-refractivity contribution in [1.29, 1.82) is 0 Å². The van der Waals surface area contributed by atoms with Gasteiger partial charge in [0.25, 0.3) is 11.8 Å². The summed E-state index contributed by atoms with van der Waals surface area (Å²) in [6.07, 6.45) is 1.63. The summed E-state index contributed by atoms with van der Waals surface area (Å²) in [4.78, 5) is 26.2. The first-order valence-corrected chi connectivity index (χ1v) is 9.89. The van der Waals surface area contributed by atoms with Crippen LogP contribution in [0.1, 0.15) is 34.8 Å². The van der Waals surface area contributed by atoms with Gasteiger partial charge in [0, 0.05) is 14.1 Å². The molecule has 1 atom stereocenters. The number of rotatable bonds is 7. The lowest BCUT2D eigenvalue weighted by molar-refractivity contribution is -0.130. The molecule has 0 spiro atoms. The summed E-state index contributed by atoms with van der Waals surface area (Å²) in [7, 11) is 3.33. The van der Waals surface area contributed by atoms with E-state index in [9.17, 15) is 9.59 Å². The second-order valence-electron chi connectivity index (χ2n) is 7.36. The maximum atomic E-state index is 12.9. The van der Waals surface area contributed by atoms with E-state index >= 15 is 0 Å². The second-order valence-corrected chi connectivity index (χ2v) is 7.36. The maximum Gasteiger partial charge on any atom is 0.259 e. The van der Waals surface area contributed by atoms with E-state index in [0.29, 0.717) is 24.5 Å². The highest BCUT2D eigenvalue weighted by molar-refractivity contribution is 5.97. The van der Waals surface area contributed by atoms with Gasteiger partial charge >= 0.3 is 0 Å². The average Bonchev–Trinajstić information content (AvgIpc) is 2.75. The van der Waals surface area contributed by atoms with Crippen molar-refractivity contribution in [3.8, 4) is 5.75 Å². The highest BCUT2D eigenvalue weighted by atomic mass is 16.5. The van der Waals surface area contributed by atoms with E-state index in [4.69, 9.17) is 9.47 Å². The molecule has 1 N–H and O–H groups in total. The van der Waals surface area contributed by atoms with Crippen LogP contribution in [0.4, 0.5) is 0 Å². The number of carbonyl (C=O) groups is 2. The Morgan fingerprint density at radius 2 is 1.86 bits per heavy atom. The number of likely N-dealkylation sites (N-methyl/N-ethyl adjacent to an activating group) is 1. The van der Waals surface area contributed by atoms with Crippen molar-refractivity contribution >= 4 is 11.8 Å². The lowest BCUT2D eigenvalue weighted by atomic mass is 9.84. The first-order chi connectivity index (χ1) is 14.0. The van der Waals surface area contributed by atoms with E-state index in [1.54, 1.807) is 38.4 Å². The van der Waals surface area contributed by atoms with Gasteiger partial charge in [0.15, 0.2) is 6.61 Å². The Morgan fingerprint density at radius 1 is 1.14 bits per heavy atom. The summed E-state index contributed by atoms with van der Waals surface area (Å²) in [5.74, 6) is -0.0366. The fourth-order valence-electron chi connectivity index (χ4n) is 3.55. The van der Waals surface area contributed by atoms with Crippen LogP contribution in [0.25, 0.3) is 0 Å². The Kier molecular flexibility index (Phi) is 6.54. The monoisotopic (exact) mass is 396 g/mol. The maximum absolute atomic E-state index is 12.9. The van der Waals surface area contributed by atoms with Crippen molar-refractivity contribution in [3.63, 3.8) is 0 Å². The van der Waals surface area contributed by atoms with Gasteiger partial charge in [0.2, 0.25) is 0 Å². The van der Waals surface area contributed by atoms with E-state index in [2.05, 4.69) is 24.4 Å². The van der Waals surface area contributed by atoms with E-state index < -0.39 is 5.60 Å². The molecule has 2 aromatic carbocycles. The topological polar surface area (TPSA) is 67.9 Å². The van der Waals surface area contributed by atoms with Crippen molar-refractivity contribution in [3.05, 3.63) is 65.2 Å². The SMILES string of the molecule is CCC1(CNC(=O)c2ccccc2OCC(=O)N(C)C)OCCc2ccccc21. The van der Waals surface area contributed by atoms with Crippen LogP contribution in [-0.4, -0.2) is 50.6 Å². The number of hydrogen-bond donors (Lipinski definition) is 1. The first-order valence-electron chi connectivity index (χ1n) is 9.89. The number of carbonyl (C=O) groups excluding carboxylic acids is 2. The second kappa shape index (κ2) is 9.09. The third kappa shape index (κ3) is 4.59. The van der Waals surface area contributed by atoms with Gasteiger partial charge in [-0.15, -0.1) is 0 Å². The Hall–Kier alpha value is -2.86. The first kappa shape index (κ1) is 20.9. The molecule has 0 saturated heterocycles. The molecule has 1 aliphatic heterocycles. The van der Waals surface area contributed by atoms with Crippen LogP contribution in [0.15, 0.2) is 48.5 Å². The van der Waals surface area contributed by atoms with Gasteiger partial charge < -0.3 is 19.7 Å². The molecule has 1 heterocycles. The molecule has 0 fully saturated rings.